The van der Waals surface area contributed by atoms with E-state index in [1.807, 2.05) is 39.5 Å². The van der Waals surface area contributed by atoms with Crippen LogP contribution in [0.15, 0.2) is 0 Å². The van der Waals surface area contributed by atoms with Crippen molar-refractivity contribution in [2.24, 2.45) is 5.73 Å². The van der Waals surface area contributed by atoms with Gasteiger partial charge in [-0.15, -0.1) is 0 Å². The number of nitrogens with two attached hydrogens (primary N) is 1. The van der Waals surface area contributed by atoms with Crippen molar-refractivity contribution in [1.82, 2.24) is 4.90 Å². The molecule has 0 fully saturated rings. The molecule has 0 aromatic carbocycles. The van der Waals surface area contributed by atoms with E-state index in [0.717, 1.165) is 0 Å². The van der Waals surface area contributed by atoms with E-state index >= 15 is 0 Å². The molecule has 0 heterocycles. The highest BCUT2D eigenvalue weighted by Crippen LogP contribution is 2.13. The molecule has 3 N–H and O–H groups in total. The number of rotatable bonds is 7. The van der Waals surface area contributed by atoms with Crippen molar-refractivity contribution in [1.29, 1.82) is 0 Å². The highest BCUT2D eigenvalue weighted by molar-refractivity contribution is 5.76. The van der Waals surface area contributed by atoms with Crippen molar-refractivity contribution < 1.29 is 14.6 Å². The molecule has 0 aromatic rings. The number of ether oxygens (including phenoxy) is 1. The van der Waals surface area contributed by atoms with Gasteiger partial charge in [-0.25, -0.2) is 0 Å². The summed E-state index contributed by atoms with van der Waals surface area (Å²) in [7, 11) is 0. The number of carbonyl (C=O) groups is 1. The van der Waals surface area contributed by atoms with Crippen molar-refractivity contribution in [2.45, 2.75) is 52.4 Å². The van der Waals surface area contributed by atoms with Crippen molar-refractivity contribution in [3.05, 3.63) is 0 Å². The first-order valence-corrected chi connectivity index (χ1v) is 5.96. The molecular weight excluding hydrogens is 220 g/mol. The van der Waals surface area contributed by atoms with E-state index in [2.05, 4.69) is 0 Å². The van der Waals surface area contributed by atoms with Gasteiger partial charge < -0.3 is 15.6 Å². The highest BCUT2D eigenvalue weighted by Gasteiger charge is 2.25. The summed E-state index contributed by atoms with van der Waals surface area (Å²) in [5.74, 6) is -0.392. The van der Waals surface area contributed by atoms with E-state index in [9.17, 15) is 9.90 Å². The van der Waals surface area contributed by atoms with Crippen LogP contribution in [-0.2, 0) is 9.53 Å². The van der Waals surface area contributed by atoms with Crippen LogP contribution < -0.4 is 5.73 Å². The van der Waals surface area contributed by atoms with Crippen LogP contribution in [0.2, 0.25) is 0 Å². The third-order valence-corrected chi connectivity index (χ3v) is 2.35. The van der Waals surface area contributed by atoms with E-state index in [0.29, 0.717) is 6.54 Å². The van der Waals surface area contributed by atoms with Gasteiger partial charge in [0.1, 0.15) is 0 Å². The number of aliphatic hydroxyl groups excluding tert-OH is 1. The average molecular weight is 246 g/mol. The Kier molecular flexibility index (Phi) is 6.67. The lowest BCUT2D eigenvalue weighted by Gasteiger charge is -2.36. The third kappa shape index (κ3) is 8.12. The van der Waals surface area contributed by atoms with Gasteiger partial charge in [-0.2, -0.15) is 0 Å². The lowest BCUT2D eigenvalue weighted by molar-refractivity contribution is -0.121. The summed E-state index contributed by atoms with van der Waals surface area (Å²) in [5, 5.41) is 9.83. The fraction of sp³-hybridized carbons (Fsp3) is 0.917. The quantitative estimate of drug-likeness (QED) is 0.680. The van der Waals surface area contributed by atoms with Gasteiger partial charge in [0.05, 0.1) is 25.4 Å². The normalized spacial score (nSPS) is 14.4. The molecule has 5 heteroatoms. The summed E-state index contributed by atoms with van der Waals surface area (Å²) < 4.78 is 5.33. The molecule has 0 aliphatic heterocycles. The zero-order chi connectivity index (χ0) is 13.6. The zero-order valence-electron chi connectivity index (χ0n) is 11.6. The number of carbonyl (C=O) groups excluding carboxylic acids is 1. The predicted molar refractivity (Wildman–Crippen MR) is 67.6 cm³/mol. The molecule has 1 amide bonds. The summed E-state index contributed by atoms with van der Waals surface area (Å²) in [6.45, 7) is 10.5. The van der Waals surface area contributed by atoms with E-state index in [-0.39, 0.29) is 24.8 Å². The molecule has 0 aromatic heterocycles. The number of aliphatic hydroxyl groups is 1. The highest BCUT2D eigenvalue weighted by atomic mass is 16.5. The number of β-amino-alcohol motifs (C(OH)–C–C–N with tert-alkyl or cyclic N) is 1. The minimum atomic E-state index is -0.615. The number of nitrogens with zero attached hydrogens (tertiary/aromatic N) is 1. The van der Waals surface area contributed by atoms with Crippen LogP contribution >= 0.6 is 0 Å². The van der Waals surface area contributed by atoms with E-state index in [1.54, 1.807) is 0 Å². The van der Waals surface area contributed by atoms with Crippen LogP contribution in [0.1, 0.15) is 34.6 Å². The topological polar surface area (TPSA) is 75.8 Å². The number of amides is 1. The van der Waals surface area contributed by atoms with Gasteiger partial charge in [0.15, 0.2) is 0 Å². The summed E-state index contributed by atoms with van der Waals surface area (Å²) in [6.07, 6.45) is -0.528. The molecule has 0 saturated carbocycles. The first-order valence-electron chi connectivity index (χ1n) is 5.96. The first-order chi connectivity index (χ1) is 7.62. The summed E-state index contributed by atoms with van der Waals surface area (Å²) in [6, 6.07) is 0. The van der Waals surface area contributed by atoms with Crippen LogP contribution in [0, 0.1) is 0 Å². The van der Waals surface area contributed by atoms with Gasteiger partial charge in [-0.3, -0.25) is 9.69 Å². The Morgan fingerprint density at radius 1 is 1.41 bits per heavy atom. The second kappa shape index (κ2) is 6.93. The van der Waals surface area contributed by atoms with Gasteiger partial charge in [-0.05, 0) is 34.6 Å². The van der Waals surface area contributed by atoms with Gasteiger partial charge in [0.25, 0.3) is 0 Å². The minimum Gasteiger partial charge on any atom is -0.389 e. The third-order valence-electron chi connectivity index (χ3n) is 2.35. The maximum absolute atomic E-state index is 11.0. The molecule has 5 nitrogen and oxygen atoms in total. The molecule has 1 atom stereocenters. The van der Waals surface area contributed by atoms with E-state index < -0.39 is 12.0 Å². The van der Waals surface area contributed by atoms with Crippen LogP contribution in [0.4, 0.5) is 0 Å². The molecule has 1 unspecified atom stereocenters. The maximum Gasteiger partial charge on any atom is 0.231 e. The number of hydrogen-bond donors (Lipinski definition) is 2. The smallest absolute Gasteiger partial charge is 0.231 e. The molecule has 0 spiro atoms. The van der Waals surface area contributed by atoms with E-state index in [1.165, 1.54) is 0 Å². The Labute approximate surface area is 104 Å². The van der Waals surface area contributed by atoms with Crippen molar-refractivity contribution >= 4 is 5.91 Å². The lowest BCUT2D eigenvalue weighted by Crippen LogP contribution is -2.50. The van der Waals surface area contributed by atoms with Crippen LogP contribution in [0.5, 0.6) is 0 Å². The maximum atomic E-state index is 11.0. The van der Waals surface area contributed by atoms with Gasteiger partial charge >= 0.3 is 0 Å². The number of hydrogen-bond acceptors (Lipinski definition) is 4. The second-order valence-electron chi connectivity index (χ2n) is 5.55. The van der Waals surface area contributed by atoms with Gasteiger partial charge in [0.2, 0.25) is 5.91 Å². The van der Waals surface area contributed by atoms with E-state index in [4.69, 9.17) is 10.5 Å². The Hall–Kier alpha value is -0.650. The summed E-state index contributed by atoms with van der Waals surface area (Å²) in [5.41, 5.74) is 4.98. The zero-order valence-corrected chi connectivity index (χ0v) is 11.6. The largest absolute Gasteiger partial charge is 0.389 e. The standard InChI is InChI=1S/C12H26N2O3/c1-9(2)17-8-10(15)6-14(7-11(13)16)12(3,4)5/h9-10,15H,6-8H2,1-5H3,(H2,13,16). The molecule has 17 heavy (non-hydrogen) atoms. The van der Waals surface area contributed by atoms with Crippen LogP contribution in [0.3, 0.4) is 0 Å². The molecule has 102 valence electrons. The fourth-order valence-corrected chi connectivity index (χ4v) is 1.37. The molecule has 0 radical (unpaired) electrons. The van der Waals surface area contributed by atoms with Crippen molar-refractivity contribution in [3.63, 3.8) is 0 Å². The van der Waals surface area contributed by atoms with Crippen LogP contribution in [0.25, 0.3) is 0 Å². The molecule has 0 saturated heterocycles. The Bertz CT molecular complexity index is 236. The summed E-state index contributed by atoms with van der Waals surface area (Å²) in [4.78, 5) is 12.8. The van der Waals surface area contributed by atoms with Crippen molar-refractivity contribution in [3.8, 4) is 0 Å². The molecule has 0 rings (SSSR count). The molecule has 0 bridgehead atoms. The fourth-order valence-electron chi connectivity index (χ4n) is 1.37. The minimum absolute atomic E-state index is 0.0869. The van der Waals surface area contributed by atoms with Crippen LogP contribution in [-0.4, -0.2) is 53.4 Å². The number of primary amides is 1. The molecule has 0 aliphatic rings. The van der Waals surface area contributed by atoms with Crippen molar-refractivity contribution in [2.75, 3.05) is 19.7 Å². The lowest BCUT2D eigenvalue weighted by atomic mass is 10.1. The first kappa shape index (κ1) is 16.4. The SMILES string of the molecule is CC(C)OCC(O)CN(CC(N)=O)C(C)(C)C. The Balaban J connectivity index is 4.28. The monoisotopic (exact) mass is 246 g/mol. The Morgan fingerprint density at radius 3 is 2.29 bits per heavy atom. The summed E-state index contributed by atoms with van der Waals surface area (Å²) >= 11 is 0. The van der Waals surface area contributed by atoms with Gasteiger partial charge in [0, 0.05) is 12.1 Å². The average Bonchev–Trinajstić information content (AvgIpc) is 2.11. The Morgan fingerprint density at radius 2 is 1.94 bits per heavy atom. The molecular formula is C12H26N2O3. The second-order valence-corrected chi connectivity index (χ2v) is 5.55. The molecule has 0 aliphatic carbocycles. The predicted octanol–water partition coefficient (Wildman–Crippen LogP) is 0.358. The van der Waals surface area contributed by atoms with Gasteiger partial charge in [-0.1, -0.05) is 0 Å².